The Morgan fingerprint density at radius 3 is 2.67 bits per heavy atom. The van der Waals surface area contributed by atoms with Crippen molar-refractivity contribution in [2.24, 2.45) is 0 Å². The molecule has 1 fully saturated rings. The molecule has 1 aliphatic carbocycles. The van der Waals surface area contributed by atoms with E-state index < -0.39 is 18.2 Å². The van der Waals surface area contributed by atoms with E-state index in [1.54, 1.807) is 30.1 Å². The summed E-state index contributed by atoms with van der Waals surface area (Å²) >= 11 is 0. The normalized spacial score (nSPS) is 14.7. The molecule has 2 aromatic rings. The number of nitrogens with zero attached hydrogens (tertiary/aromatic N) is 1. The molecular weight excluding hydrogens is 350 g/mol. The molecule has 1 saturated carbocycles. The van der Waals surface area contributed by atoms with E-state index in [4.69, 9.17) is 13.9 Å². The van der Waals surface area contributed by atoms with Crippen LogP contribution in [-0.2, 0) is 9.53 Å². The van der Waals surface area contributed by atoms with E-state index in [1.165, 1.54) is 19.6 Å². The van der Waals surface area contributed by atoms with Crippen LogP contribution in [0.3, 0.4) is 0 Å². The van der Waals surface area contributed by atoms with Crippen molar-refractivity contribution < 1.29 is 23.5 Å². The molecule has 1 amide bonds. The Hall–Kier alpha value is -2.83. The fourth-order valence-corrected chi connectivity index (χ4v) is 3.40. The van der Waals surface area contributed by atoms with Gasteiger partial charge in [-0.1, -0.05) is 31.4 Å². The predicted octanol–water partition coefficient (Wildman–Crippen LogP) is 2.75. The summed E-state index contributed by atoms with van der Waals surface area (Å²) in [6, 6.07) is 6.64. The maximum atomic E-state index is 12.3. The molecule has 0 spiro atoms. The second-order valence-corrected chi connectivity index (χ2v) is 6.70. The highest BCUT2D eigenvalue weighted by Gasteiger charge is 2.24. The standard InChI is InChI=1S/C20H23NO6/c1-21(14-8-4-3-5-9-14)17(22)12-26-19(23)15-11-13-7-6-10-16(25-2)18(13)27-20(15)24/h6-7,10-11,14H,3-5,8-9,12H2,1-2H3. The molecule has 0 saturated heterocycles. The first-order chi connectivity index (χ1) is 13.0. The summed E-state index contributed by atoms with van der Waals surface area (Å²) in [6.45, 7) is -0.401. The number of carbonyl (C=O) groups excluding carboxylic acids is 2. The van der Waals surface area contributed by atoms with Crippen molar-refractivity contribution in [2.75, 3.05) is 20.8 Å². The number of rotatable bonds is 5. The first kappa shape index (κ1) is 18.9. The van der Waals surface area contributed by atoms with Gasteiger partial charge < -0.3 is 18.8 Å². The molecule has 27 heavy (non-hydrogen) atoms. The van der Waals surface area contributed by atoms with Gasteiger partial charge in [0.1, 0.15) is 5.56 Å². The number of amides is 1. The molecule has 0 atom stereocenters. The molecule has 0 N–H and O–H groups in total. The van der Waals surface area contributed by atoms with Gasteiger partial charge in [-0.3, -0.25) is 4.79 Å². The fourth-order valence-electron chi connectivity index (χ4n) is 3.40. The summed E-state index contributed by atoms with van der Waals surface area (Å²) in [5.41, 5.74) is -0.816. The van der Waals surface area contributed by atoms with Gasteiger partial charge >= 0.3 is 11.6 Å². The molecule has 144 valence electrons. The van der Waals surface area contributed by atoms with Gasteiger partial charge in [0.2, 0.25) is 0 Å². The third-order valence-corrected chi connectivity index (χ3v) is 5.01. The van der Waals surface area contributed by atoms with Gasteiger partial charge in [-0.25, -0.2) is 9.59 Å². The monoisotopic (exact) mass is 373 g/mol. The zero-order chi connectivity index (χ0) is 19.4. The lowest BCUT2D eigenvalue weighted by atomic mass is 9.94. The van der Waals surface area contributed by atoms with Crippen molar-refractivity contribution in [1.29, 1.82) is 0 Å². The van der Waals surface area contributed by atoms with Gasteiger partial charge in [-0.15, -0.1) is 0 Å². The third-order valence-electron chi connectivity index (χ3n) is 5.01. The van der Waals surface area contributed by atoms with E-state index in [0.717, 1.165) is 25.7 Å². The number of esters is 1. The highest BCUT2D eigenvalue weighted by molar-refractivity contribution is 5.95. The number of likely N-dealkylation sites (N-methyl/N-ethyl adjacent to an activating group) is 1. The summed E-state index contributed by atoms with van der Waals surface area (Å²) in [5.74, 6) is -0.755. The Morgan fingerprint density at radius 1 is 1.22 bits per heavy atom. The number of methoxy groups -OCH3 is 1. The summed E-state index contributed by atoms with van der Waals surface area (Å²) in [4.78, 5) is 38.4. The molecular formula is C20H23NO6. The number of para-hydroxylation sites is 1. The number of hydrogen-bond acceptors (Lipinski definition) is 6. The van der Waals surface area contributed by atoms with Crippen LogP contribution in [0.1, 0.15) is 42.5 Å². The van der Waals surface area contributed by atoms with Crippen molar-refractivity contribution in [3.8, 4) is 5.75 Å². The SMILES string of the molecule is COc1cccc2cc(C(=O)OCC(=O)N(C)C3CCCCC3)c(=O)oc12. The van der Waals surface area contributed by atoms with Crippen LogP contribution >= 0.6 is 0 Å². The van der Waals surface area contributed by atoms with Gasteiger partial charge in [0.15, 0.2) is 17.9 Å². The first-order valence-corrected chi connectivity index (χ1v) is 9.05. The van der Waals surface area contributed by atoms with Crippen LogP contribution in [0.25, 0.3) is 11.0 Å². The molecule has 7 heteroatoms. The highest BCUT2D eigenvalue weighted by atomic mass is 16.5. The second-order valence-electron chi connectivity index (χ2n) is 6.70. The summed E-state index contributed by atoms with van der Waals surface area (Å²) in [7, 11) is 3.19. The number of fused-ring (bicyclic) bond motifs is 1. The predicted molar refractivity (Wildman–Crippen MR) is 99.0 cm³/mol. The van der Waals surface area contributed by atoms with E-state index in [2.05, 4.69) is 0 Å². The van der Waals surface area contributed by atoms with E-state index in [9.17, 15) is 14.4 Å². The minimum Gasteiger partial charge on any atom is -0.493 e. The number of carbonyl (C=O) groups is 2. The smallest absolute Gasteiger partial charge is 0.351 e. The summed E-state index contributed by atoms with van der Waals surface area (Å²) in [6.07, 6.45) is 5.32. The Labute approximate surface area is 156 Å². The number of ether oxygens (including phenoxy) is 2. The van der Waals surface area contributed by atoms with Gasteiger partial charge in [0.25, 0.3) is 5.91 Å². The molecule has 0 radical (unpaired) electrons. The zero-order valence-electron chi connectivity index (χ0n) is 15.5. The summed E-state index contributed by atoms with van der Waals surface area (Å²) < 4.78 is 15.4. The Balaban J connectivity index is 1.70. The minimum absolute atomic E-state index is 0.183. The van der Waals surface area contributed by atoms with Gasteiger partial charge in [0.05, 0.1) is 7.11 Å². The molecule has 1 aromatic heterocycles. The highest BCUT2D eigenvalue weighted by Crippen LogP contribution is 2.25. The van der Waals surface area contributed by atoms with Crippen molar-refractivity contribution >= 4 is 22.8 Å². The molecule has 1 aliphatic rings. The number of hydrogen-bond donors (Lipinski definition) is 0. The van der Waals surface area contributed by atoms with Crippen molar-refractivity contribution in [3.05, 3.63) is 40.2 Å². The summed E-state index contributed by atoms with van der Waals surface area (Å²) in [5, 5.41) is 0.534. The van der Waals surface area contributed by atoms with Gasteiger partial charge in [0, 0.05) is 18.5 Å². The average molecular weight is 373 g/mol. The van der Waals surface area contributed by atoms with Crippen LogP contribution in [0, 0.1) is 0 Å². The Bertz CT molecular complexity index is 897. The molecule has 1 heterocycles. The maximum absolute atomic E-state index is 12.3. The maximum Gasteiger partial charge on any atom is 0.351 e. The number of benzene rings is 1. The average Bonchev–Trinajstić information content (AvgIpc) is 2.70. The van der Waals surface area contributed by atoms with E-state index in [-0.39, 0.29) is 23.1 Å². The van der Waals surface area contributed by atoms with Crippen molar-refractivity contribution in [2.45, 2.75) is 38.1 Å². The third kappa shape index (κ3) is 4.13. The van der Waals surface area contributed by atoms with Gasteiger partial charge in [-0.2, -0.15) is 0 Å². The Kier molecular flexibility index (Phi) is 5.78. The fraction of sp³-hybridized carbons (Fsp3) is 0.450. The molecule has 0 aliphatic heterocycles. The lowest BCUT2D eigenvalue weighted by Crippen LogP contribution is -2.40. The molecule has 3 rings (SSSR count). The molecule has 1 aromatic carbocycles. The van der Waals surface area contributed by atoms with E-state index >= 15 is 0 Å². The zero-order valence-corrected chi connectivity index (χ0v) is 15.5. The first-order valence-electron chi connectivity index (χ1n) is 9.05. The second kappa shape index (κ2) is 8.24. The van der Waals surface area contributed by atoms with Crippen molar-refractivity contribution in [1.82, 2.24) is 4.90 Å². The lowest BCUT2D eigenvalue weighted by Gasteiger charge is -2.31. The quantitative estimate of drug-likeness (QED) is 0.592. The molecule has 0 unspecified atom stereocenters. The topological polar surface area (TPSA) is 86.0 Å². The van der Waals surface area contributed by atoms with Crippen LogP contribution in [0.5, 0.6) is 5.75 Å². The van der Waals surface area contributed by atoms with E-state index in [1.807, 2.05) is 0 Å². The van der Waals surface area contributed by atoms with Crippen LogP contribution < -0.4 is 10.4 Å². The van der Waals surface area contributed by atoms with Gasteiger partial charge in [-0.05, 0) is 25.0 Å². The molecule has 0 bridgehead atoms. The van der Waals surface area contributed by atoms with E-state index in [0.29, 0.717) is 11.1 Å². The van der Waals surface area contributed by atoms with Crippen LogP contribution in [0.2, 0.25) is 0 Å². The largest absolute Gasteiger partial charge is 0.493 e. The van der Waals surface area contributed by atoms with Crippen LogP contribution in [0.15, 0.2) is 33.5 Å². The van der Waals surface area contributed by atoms with Crippen molar-refractivity contribution in [3.63, 3.8) is 0 Å². The Morgan fingerprint density at radius 2 is 1.96 bits per heavy atom. The minimum atomic E-state index is -0.876. The lowest BCUT2D eigenvalue weighted by molar-refractivity contribution is -0.135. The van der Waals surface area contributed by atoms with Crippen LogP contribution in [0.4, 0.5) is 0 Å². The van der Waals surface area contributed by atoms with Crippen LogP contribution in [-0.4, -0.2) is 43.6 Å². The molecule has 7 nitrogen and oxygen atoms in total.